The topological polar surface area (TPSA) is 98.8 Å². The molecule has 0 saturated heterocycles. The lowest BCUT2D eigenvalue weighted by Gasteiger charge is -2.09. The second kappa shape index (κ2) is 8.69. The molecule has 0 bridgehead atoms. The van der Waals surface area contributed by atoms with Gasteiger partial charge in [-0.05, 0) is 29.8 Å². The van der Waals surface area contributed by atoms with E-state index in [-0.39, 0.29) is 6.61 Å². The number of esters is 2. The lowest BCUT2D eigenvalue weighted by Crippen LogP contribution is -2.31. The van der Waals surface area contributed by atoms with Crippen LogP contribution in [0, 0.1) is 11.6 Å². The summed E-state index contributed by atoms with van der Waals surface area (Å²) < 4.78 is 62.2. The predicted molar refractivity (Wildman–Crippen MR) is 89.1 cm³/mol. The fourth-order valence-electron chi connectivity index (χ4n) is 2.04. The van der Waals surface area contributed by atoms with Crippen molar-refractivity contribution in [3.05, 3.63) is 65.2 Å². The SMILES string of the molecule is COC(=O)c1ccc(COC(=O)CNS(=O)(=O)c2c(F)cccc2F)cc1. The minimum atomic E-state index is -4.57. The van der Waals surface area contributed by atoms with Crippen molar-refractivity contribution in [3.8, 4) is 0 Å². The molecule has 7 nitrogen and oxygen atoms in total. The summed E-state index contributed by atoms with van der Waals surface area (Å²) in [7, 11) is -3.33. The van der Waals surface area contributed by atoms with E-state index < -0.39 is 45.0 Å². The highest BCUT2D eigenvalue weighted by atomic mass is 32.2. The molecule has 0 spiro atoms. The molecule has 0 aliphatic carbocycles. The number of halogens is 2. The molecule has 0 aliphatic heterocycles. The number of benzene rings is 2. The fraction of sp³-hybridized carbons (Fsp3) is 0.176. The molecule has 10 heteroatoms. The number of methoxy groups -OCH3 is 1. The van der Waals surface area contributed by atoms with Gasteiger partial charge in [-0.2, -0.15) is 4.72 Å². The Morgan fingerprint density at radius 2 is 1.63 bits per heavy atom. The highest BCUT2D eigenvalue weighted by Crippen LogP contribution is 2.17. The summed E-state index contributed by atoms with van der Waals surface area (Å²) in [6, 6.07) is 8.58. The lowest BCUT2D eigenvalue weighted by molar-refractivity contribution is -0.143. The normalized spacial score (nSPS) is 11.1. The average molecular weight is 399 g/mol. The van der Waals surface area contributed by atoms with Crippen molar-refractivity contribution in [3.63, 3.8) is 0 Å². The molecule has 0 fully saturated rings. The summed E-state index contributed by atoms with van der Waals surface area (Å²) in [6.45, 7) is -0.994. The van der Waals surface area contributed by atoms with Gasteiger partial charge in [0.05, 0.1) is 12.7 Å². The maximum Gasteiger partial charge on any atom is 0.337 e. The van der Waals surface area contributed by atoms with Crippen LogP contribution >= 0.6 is 0 Å². The van der Waals surface area contributed by atoms with Crippen LogP contribution in [-0.2, 0) is 30.9 Å². The zero-order valence-corrected chi connectivity index (χ0v) is 14.9. The molecule has 0 unspecified atom stereocenters. The molecule has 0 amide bonds. The van der Waals surface area contributed by atoms with Crippen molar-refractivity contribution in [2.75, 3.05) is 13.7 Å². The van der Waals surface area contributed by atoms with Crippen LogP contribution in [0.2, 0.25) is 0 Å². The molecule has 1 N–H and O–H groups in total. The molecular formula is C17H15F2NO6S. The van der Waals surface area contributed by atoms with Crippen molar-refractivity contribution in [1.82, 2.24) is 4.72 Å². The second-order valence-electron chi connectivity index (χ2n) is 5.22. The Morgan fingerprint density at radius 3 is 2.19 bits per heavy atom. The number of carbonyl (C=O) groups excluding carboxylic acids is 2. The van der Waals surface area contributed by atoms with E-state index in [4.69, 9.17) is 4.74 Å². The number of nitrogens with one attached hydrogen (secondary N) is 1. The first kappa shape index (κ1) is 20.5. The second-order valence-corrected chi connectivity index (χ2v) is 6.93. The third-order valence-corrected chi connectivity index (χ3v) is 4.82. The summed E-state index contributed by atoms with van der Waals surface area (Å²) in [6.07, 6.45) is 0. The highest BCUT2D eigenvalue weighted by Gasteiger charge is 2.24. The van der Waals surface area contributed by atoms with Gasteiger partial charge in [-0.25, -0.2) is 22.0 Å². The van der Waals surface area contributed by atoms with E-state index in [2.05, 4.69) is 4.74 Å². The smallest absolute Gasteiger partial charge is 0.337 e. The zero-order valence-electron chi connectivity index (χ0n) is 14.1. The molecular weight excluding hydrogens is 384 g/mol. The van der Waals surface area contributed by atoms with Crippen molar-refractivity contribution in [2.45, 2.75) is 11.5 Å². The van der Waals surface area contributed by atoms with Crippen molar-refractivity contribution >= 4 is 22.0 Å². The van der Waals surface area contributed by atoms with Gasteiger partial charge >= 0.3 is 11.9 Å². The summed E-state index contributed by atoms with van der Waals surface area (Å²) in [5, 5.41) is 0. The van der Waals surface area contributed by atoms with Gasteiger partial charge in [-0.1, -0.05) is 18.2 Å². The first-order chi connectivity index (χ1) is 12.7. The monoisotopic (exact) mass is 399 g/mol. The third-order valence-electron chi connectivity index (χ3n) is 3.37. The molecule has 2 rings (SSSR count). The standard InChI is InChI=1S/C17H15F2NO6S/c1-25-17(22)12-7-5-11(6-8-12)10-26-15(21)9-20-27(23,24)16-13(18)3-2-4-14(16)19/h2-8,20H,9-10H2,1H3. The van der Waals surface area contributed by atoms with E-state index >= 15 is 0 Å². The lowest BCUT2D eigenvalue weighted by atomic mass is 10.1. The largest absolute Gasteiger partial charge is 0.465 e. The Bertz CT molecular complexity index is 924. The Labute approximate surface area is 154 Å². The van der Waals surface area contributed by atoms with E-state index in [0.717, 1.165) is 18.2 Å². The Kier molecular flexibility index (Phi) is 6.59. The van der Waals surface area contributed by atoms with Gasteiger partial charge in [0.1, 0.15) is 24.8 Å². The Morgan fingerprint density at radius 1 is 1.04 bits per heavy atom. The van der Waals surface area contributed by atoms with Gasteiger partial charge in [0.2, 0.25) is 10.0 Å². The van der Waals surface area contributed by atoms with Crippen molar-refractivity contribution < 1.29 is 36.3 Å². The first-order valence-corrected chi connectivity index (χ1v) is 8.99. The number of rotatable bonds is 7. The number of hydrogen-bond donors (Lipinski definition) is 1. The maximum absolute atomic E-state index is 13.5. The van der Waals surface area contributed by atoms with Gasteiger partial charge in [0, 0.05) is 0 Å². The van der Waals surface area contributed by atoms with Gasteiger partial charge < -0.3 is 9.47 Å². The number of carbonyl (C=O) groups is 2. The molecule has 0 heterocycles. The summed E-state index contributed by atoms with van der Waals surface area (Å²) in [4.78, 5) is 21.8. The molecule has 0 radical (unpaired) electrons. The fourth-order valence-corrected chi connectivity index (χ4v) is 3.14. The van der Waals surface area contributed by atoms with E-state index in [1.807, 2.05) is 0 Å². The summed E-state index contributed by atoms with van der Waals surface area (Å²) in [5.41, 5.74) is 0.853. The first-order valence-electron chi connectivity index (χ1n) is 7.51. The van der Waals surface area contributed by atoms with E-state index in [0.29, 0.717) is 11.1 Å². The van der Waals surface area contributed by atoms with Crippen molar-refractivity contribution in [1.29, 1.82) is 0 Å². The molecule has 0 aromatic heterocycles. The number of ether oxygens (including phenoxy) is 2. The minimum Gasteiger partial charge on any atom is -0.465 e. The Hall–Kier alpha value is -2.85. The van der Waals surface area contributed by atoms with Gasteiger partial charge in [0.25, 0.3) is 0 Å². The van der Waals surface area contributed by atoms with Crippen LogP contribution in [0.25, 0.3) is 0 Å². The minimum absolute atomic E-state index is 0.184. The van der Waals surface area contributed by atoms with Gasteiger partial charge in [-0.15, -0.1) is 0 Å². The van der Waals surface area contributed by atoms with Crippen LogP contribution in [0.5, 0.6) is 0 Å². The molecule has 0 saturated carbocycles. The van der Waals surface area contributed by atoms with Crippen LogP contribution < -0.4 is 4.72 Å². The molecule has 0 aliphatic rings. The van der Waals surface area contributed by atoms with Crippen LogP contribution in [0.15, 0.2) is 47.4 Å². The third kappa shape index (κ3) is 5.31. The Balaban J connectivity index is 1.92. The number of hydrogen-bond acceptors (Lipinski definition) is 6. The number of sulfonamides is 1. The van der Waals surface area contributed by atoms with Crippen LogP contribution in [0.4, 0.5) is 8.78 Å². The van der Waals surface area contributed by atoms with Gasteiger partial charge in [0.15, 0.2) is 4.90 Å². The maximum atomic E-state index is 13.5. The van der Waals surface area contributed by atoms with Crippen LogP contribution in [0.1, 0.15) is 15.9 Å². The molecule has 27 heavy (non-hydrogen) atoms. The van der Waals surface area contributed by atoms with E-state index in [1.54, 1.807) is 4.72 Å². The summed E-state index contributed by atoms with van der Waals surface area (Å²) in [5.74, 6) is -4.02. The molecule has 144 valence electrons. The van der Waals surface area contributed by atoms with E-state index in [9.17, 15) is 26.8 Å². The average Bonchev–Trinajstić information content (AvgIpc) is 2.64. The van der Waals surface area contributed by atoms with Crippen molar-refractivity contribution in [2.24, 2.45) is 0 Å². The summed E-state index contributed by atoms with van der Waals surface area (Å²) >= 11 is 0. The van der Waals surface area contributed by atoms with Crippen LogP contribution in [0.3, 0.4) is 0 Å². The molecule has 2 aromatic carbocycles. The quantitative estimate of drug-likeness (QED) is 0.713. The molecule has 0 atom stereocenters. The predicted octanol–water partition coefficient (Wildman–Crippen LogP) is 1.77. The van der Waals surface area contributed by atoms with Gasteiger partial charge in [-0.3, -0.25) is 4.79 Å². The van der Waals surface area contributed by atoms with Crippen LogP contribution in [-0.4, -0.2) is 34.0 Å². The zero-order chi connectivity index (χ0) is 20.0. The highest BCUT2D eigenvalue weighted by molar-refractivity contribution is 7.89. The molecule has 2 aromatic rings. The van der Waals surface area contributed by atoms with E-state index in [1.165, 1.54) is 31.4 Å².